The van der Waals surface area contributed by atoms with Crippen molar-refractivity contribution >= 4 is 11.6 Å². The molecule has 1 unspecified atom stereocenters. The Hall–Kier alpha value is -1.58. The average Bonchev–Trinajstić information content (AvgIpc) is 2.37. The minimum atomic E-state index is -0.386. The van der Waals surface area contributed by atoms with Gasteiger partial charge in [-0.1, -0.05) is 17.7 Å². The normalized spacial score (nSPS) is 12.3. The van der Waals surface area contributed by atoms with Crippen molar-refractivity contribution in [1.82, 2.24) is 0 Å². The van der Waals surface area contributed by atoms with Crippen LogP contribution >= 0.6 is 11.6 Å². The monoisotopic (exact) mass is 293 g/mol. The Balaban J connectivity index is 2.54. The number of methoxy groups -OCH3 is 1. The zero-order chi connectivity index (χ0) is 14.9. The van der Waals surface area contributed by atoms with Gasteiger partial charge in [0, 0.05) is 10.6 Å². The number of aryl methyl sites for hydroxylation is 2. The fourth-order valence-electron chi connectivity index (χ4n) is 2.51. The van der Waals surface area contributed by atoms with Crippen LogP contribution < -0.4 is 10.5 Å². The first-order chi connectivity index (χ1) is 9.43. The van der Waals surface area contributed by atoms with Gasteiger partial charge in [0.2, 0.25) is 0 Å². The smallest absolute Gasteiger partial charge is 0.125 e. The minimum absolute atomic E-state index is 0.251. The van der Waals surface area contributed by atoms with E-state index in [1.54, 1.807) is 19.2 Å². The quantitative estimate of drug-likeness (QED) is 0.922. The molecule has 2 nitrogen and oxygen atoms in total. The number of hydrogen-bond donors (Lipinski definition) is 1. The second kappa shape index (κ2) is 5.81. The van der Waals surface area contributed by atoms with E-state index in [-0.39, 0.29) is 11.9 Å². The summed E-state index contributed by atoms with van der Waals surface area (Å²) in [4.78, 5) is 0. The molecule has 0 saturated carbocycles. The Morgan fingerprint density at radius 1 is 1.15 bits per heavy atom. The summed E-state index contributed by atoms with van der Waals surface area (Å²) in [5.74, 6) is 0.382. The molecule has 2 rings (SSSR count). The molecular formula is C16H17ClFNO. The maximum atomic E-state index is 13.4. The SMILES string of the molecule is COc1cc(Cl)ccc1C(N)c1c(C)cc(F)cc1C. The number of hydrogen-bond acceptors (Lipinski definition) is 2. The topological polar surface area (TPSA) is 35.2 Å². The summed E-state index contributed by atoms with van der Waals surface area (Å²) in [6, 6.07) is 7.93. The van der Waals surface area contributed by atoms with E-state index in [2.05, 4.69) is 0 Å². The lowest BCUT2D eigenvalue weighted by Crippen LogP contribution is -2.16. The van der Waals surface area contributed by atoms with E-state index < -0.39 is 0 Å². The molecule has 0 saturated heterocycles. The number of halogens is 2. The van der Waals surface area contributed by atoms with Crippen LogP contribution in [0.15, 0.2) is 30.3 Å². The lowest BCUT2D eigenvalue weighted by molar-refractivity contribution is 0.408. The molecule has 0 aromatic heterocycles. The van der Waals surface area contributed by atoms with E-state index in [1.807, 2.05) is 19.9 Å². The highest BCUT2D eigenvalue weighted by molar-refractivity contribution is 6.30. The molecule has 106 valence electrons. The average molecular weight is 294 g/mol. The van der Waals surface area contributed by atoms with E-state index >= 15 is 0 Å². The summed E-state index contributed by atoms with van der Waals surface area (Å²) in [5.41, 5.74) is 9.74. The van der Waals surface area contributed by atoms with Gasteiger partial charge in [-0.15, -0.1) is 0 Å². The van der Waals surface area contributed by atoms with Gasteiger partial charge >= 0.3 is 0 Å². The molecule has 1 atom stereocenters. The Bertz CT molecular complexity index is 619. The molecule has 0 aliphatic rings. The van der Waals surface area contributed by atoms with Gasteiger partial charge < -0.3 is 10.5 Å². The second-order valence-corrected chi connectivity index (χ2v) is 5.25. The highest BCUT2D eigenvalue weighted by atomic mass is 35.5. The van der Waals surface area contributed by atoms with Crippen LogP contribution in [0.5, 0.6) is 5.75 Å². The summed E-state index contributed by atoms with van der Waals surface area (Å²) in [5, 5.41) is 0.588. The number of ether oxygens (including phenoxy) is 1. The Labute approximate surface area is 123 Å². The van der Waals surface area contributed by atoms with Gasteiger partial charge in [0.1, 0.15) is 11.6 Å². The van der Waals surface area contributed by atoms with E-state index in [0.717, 1.165) is 22.3 Å². The summed E-state index contributed by atoms with van der Waals surface area (Å²) >= 11 is 5.96. The molecule has 2 aromatic carbocycles. The van der Waals surface area contributed by atoms with Gasteiger partial charge in [0.25, 0.3) is 0 Å². The zero-order valence-corrected chi connectivity index (χ0v) is 12.5. The zero-order valence-electron chi connectivity index (χ0n) is 11.7. The molecule has 0 radical (unpaired) electrons. The van der Waals surface area contributed by atoms with Crippen LogP contribution in [-0.4, -0.2) is 7.11 Å². The van der Waals surface area contributed by atoms with E-state index in [9.17, 15) is 4.39 Å². The van der Waals surface area contributed by atoms with Gasteiger partial charge in [-0.25, -0.2) is 4.39 Å². The summed E-state index contributed by atoms with van der Waals surface area (Å²) < 4.78 is 18.7. The molecule has 0 amide bonds. The summed E-state index contributed by atoms with van der Waals surface area (Å²) in [7, 11) is 1.58. The van der Waals surface area contributed by atoms with E-state index in [1.165, 1.54) is 12.1 Å². The summed E-state index contributed by atoms with van der Waals surface area (Å²) in [6.07, 6.45) is 0. The maximum Gasteiger partial charge on any atom is 0.125 e. The van der Waals surface area contributed by atoms with Crippen LogP contribution in [0, 0.1) is 19.7 Å². The predicted octanol–water partition coefficient (Wildman–Crippen LogP) is 4.15. The third kappa shape index (κ3) is 2.79. The molecule has 4 heteroatoms. The maximum absolute atomic E-state index is 13.4. The van der Waals surface area contributed by atoms with Crippen LogP contribution in [0.4, 0.5) is 4.39 Å². The molecule has 2 aromatic rings. The van der Waals surface area contributed by atoms with Gasteiger partial charge in [-0.3, -0.25) is 0 Å². The molecular weight excluding hydrogens is 277 g/mol. The Morgan fingerprint density at radius 3 is 2.30 bits per heavy atom. The first kappa shape index (κ1) is 14.8. The van der Waals surface area contributed by atoms with E-state index in [4.69, 9.17) is 22.1 Å². The van der Waals surface area contributed by atoms with Crippen LogP contribution in [0.25, 0.3) is 0 Å². The predicted molar refractivity (Wildman–Crippen MR) is 79.9 cm³/mol. The van der Waals surface area contributed by atoms with Crippen molar-refractivity contribution in [2.45, 2.75) is 19.9 Å². The molecule has 20 heavy (non-hydrogen) atoms. The van der Waals surface area contributed by atoms with Crippen LogP contribution in [0.1, 0.15) is 28.3 Å². The van der Waals surface area contributed by atoms with Gasteiger partial charge in [0.05, 0.1) is 13.2 Å². The molecule has 0 aliphatic carbocycles. The second-order valence-electron chi connectivity index (χ2n) is 4.82. The van der Waals surface area contributed by atoms with Crippen LogP contribution in [0.3, 0.4) is 0 Å². The molecule has 0 bridgehead atoms. The fourth-order valence-corrected chi connectivity index (χ4v) is 2.67. The summed E-state index contributed by atoms with van der Waals surface area (Å²) in [6.45, 7) is 3.71. The fraction of sp³-hybridized carbons (Fsp3) is 0.250. The largest absolute Gasteiger partial charge is 0.496 e. The molecule has 0 aliphatic heterocycles. The van der Waals surface area contributed by atoms with Crippen molar-refractivity contribution in [1.29, 1.82) is 0 Å². The molecule has 0 spiro atoms. The number of nitrogens with two attached hydrogens (primary N) is 1. The van der Waals surface area contributed by atoms with Crippen LogP contribution in [-0.2, 0) is 0 Å². The first-order valence-electron chi connectivity index (χ1n) is 6.29. The third-order valence-electron chi connectivity index (χ3n) is 3.40. The number of benzene rings is 2. The van der Waals surface area contributed by atoms with Crippen molar-refractivity contribution in [3.8, 4) is 5.75 Å². The lowest BCUT2D eigenvalue weighted by Gasteiger charge is -2.20. The Kier molecular flexibility index (Phi) is 4.31. The minimum Gasteiger partial charge on any atom is -0.496 e. The van der Waals surface area contributed by atoms with Crippen molar-refractivity contribution in [3.05, 3.63) is 63.4 Å². The van der Waals surface area contributed by atoms with Crippen molar-refractivity contribution in [2.75, 3.05) is 7.11 Å². The highest BCUT2D eigenvalue weighted by Crippen LogP contribution is 2.33. The standard InChI is InChI=1S/C16H17ClFNO/c1-9-6-12(18)7-10(2)15(9)16(19)13-5-4-11(17)8-14(13)20-3/h4-8,16H,19H2,1-3H3. The van der Waals surface area contributed by atoms with Crippen molar-refractivity contribution < 1.29 is 9.13 Å². The first-order valence-corrected chi connectivity index (χ1v) is 6.67. The van der Waals surface area contributed by atoms with E-state index in [0.29, 0.717) is 10.8 Å². The molecule has 0 fully saturated rings. The van der Waals surface area contributed by atoms with Crippen LogP contribution in [0.2, 0.25) is 5.02 Å². The van der Waals surface area contributed by atoms with Gasteiger partial charge in [-0.05, 0) is 54.8 Å². The Morgan fingerprint density at radius 2 is 1.75 bits per heavy atom. The molecule has 2 N–H and O–H groups in total. The third-order valence-corrected chi connectivity index (χ3v) is 3.64. The number of rotatable bonds is 3. The van der Waals surface area contributed by atoms with Gasteiger partial charge in [0.15, 0.2) is 0 Å². The van der Waals surface area contributed by atoms with Crippen molar-refractivity contribution in [2.24, 2.45) is 5.73 Å². The molecule has 0 heterocycles. The lowest BCUT2D eigenvalue weighted by atomic mass is 9.91. The van der Waals surface area contributed by atoms with Crippen molar-refractivity contribution in [3.63, 3.8) is 0 Å². The van der Waals surface area contributed by atoms with Gasteiger partial charge in [-0.2, -0.15) is 0 Å². The highest BCUT2D eigenvalue weighted by Gasteiger charge is 2.18.